The van der Waals surface area contributed by atoms with E-state index in [2.05, 4.69) is 0 Å². The van der Waals surface area contributed by atoms with Crippen molar-refractivity contribution in [3.8, 4) is 0 Å². The lowest BCUT2D eigenvalue weighted by Gasteiger charge is -2.36. The van der Waals surface area contributed by atoms with Crippen molar-refractivity contribution in [2.75, 3.05) is 47.6 Å². The summed E-state index contributed by atoms with van der Waals surface area (Å²) in [6.07, 6.45) is -9.18. The molecule has 0 radical (unpaired) electrons. The van der Waals surface area contributed by atoms with E-state index in [0.717, 1.165) is 0 Å². The smallest absolute Gasteiger partial charge is 0.389 e. The van der Waals surface area contributed by atoms with E-state index in [4.69, 9.17) is 18.0 Å². The van der Waals surface area contributed by atoms with Gasteiger partial charge in [0.05, 0.1) is 12.7 Å². The van der Waals surface area contributed by atoms with Gasteiger partial charge in [-0.3, -0.25) is 0 Å². The molecule has 0 amide bonds. The number of sulfonamides is 1. The molecule has 1 N–H and O–H groups in total. The van der Waals surface area contributed by atoms with Gasteiger partial charge >= 0.3 is 32.1 Å². The van der Waals surface area contributed by atoms with Crippen LogP contribution < -0.4 is 0 Å². The minimum atomic E-state index is -7.37. The highest BCUT2D eigenvalue weighted by Gasteiger charge is 2.85. The van der Waals surface area contributed by atoms with E-state index < -0.39 is 72.2 Å². The molecule has 0 bridgehead atoms. The quantitative estimate of drug-likeness (QED) is 0.161. The van der Waals surface area contributed by atoms with Crippen LogP contribution in [-0.4, -0.2) is 104 Å². The lowest BCUT2D eigenvalue weighted by atomic mass is 10.1. The SMILES string of the molecule is CCCN(CC(O)COCCC[Si](OC)(OC)OC)S(=O)(=O)C(F)(F)C(F)(F)C(F)(F)C(F)(F)F. The summed E-state index contributed by atoms with van der Waals surface area (Å²) in [5.74, 6) is -14.7. The Morgan fingerprint density at radius 3 is 1.80 bits per heavy atom. The van der Waals surface area contributed by atoms with Crippen molar-refractivity contribution in [2.45, 2.75) is 55.2 Å². The Bertz CT molecular complexity index is 744. The number of rotatable bonds is 17. The van der Waals surface area contributed by atoms with Crippen molar-refractivity contribution in [3.63, 3.8) is 0 Å². The summed E-state index contributed by atoms with van der Waals surface area (Å²) in [4.78, 5) is 0. The van der Waals surface area contributed by atoms with Gasteiger partial charge in [-0.05, 0) is 12.8 Å². The monoisotopic (exact) mass is 577 g/mol. The fraction of sp³-hybridized carbons (Fsp3) is 1.00. The van der Waals surface area contributed by atoms with Crippen LogP contribution >= 0.6 is 0 Å². The van der Waals surface area contributed by atoms with Crippen molar-refractivity contribution < 1.29 is 71.1 Å². The number of alkyl halides is 9. The lowest BCUT2D eigenvalue weighted by Crippen LogP contribution is -2.65. The van der Waals surface area contributed by atoms with Gasteiger partial charge in [-0.1, -0.05) is 6.92 Å². The van der Waals surface area contributed by atoms with E-state index in [1.165, 1.54) is 28.3 Å². The molecule has 0 aliphatic rings. The molecule has 19 heteroatoms. The Labute approximate surface area is 197 Å². The third-order valence-electron chi connectivity index (χ3n) is 4.68. The van der Waals surface area contributed by atoms with Gasteiger partial charge in [0, 0.05) is 47.1 Å². The summed E-state index contributed by atoms with van der Waals surface area (Å²) in [6.45, 7) is -1.96. The molecule has 0 aliphatic heterocycles. The second kappa shape index (κ2) is 12.7. The lowest BCUT2D eigenvalue weighted by molar-refractivity contribution is -0.382. The number of aliphatic hydroxyl groups is 1. The zero-order chi connectivity index (χ0) is 27.9. The van der Waals surface area contributed by atoms with Crippen LogP contribution in [0.4, 0.5) is 39.5 Å². The zero-order valence-electron chi connectivity index (χ0n) is 19.2. The molecular formula is C16H28F9NO7SSi. The molecule has 0 fully saturated rings. The Kier molecular flexibility index (Phi) is 12.4. The van der Waals surface area contributed by atoms with Crippen LogP contribution in [0, 0.1) is 0 Å². The number of hydrogen-bond donors (Lipinski definition) is 1. The van der Waals surface area contributed by atoms with E-state index in [-0.39, 0.29) is 25.5 Å². The molecule has 8 nitrogen and oxygen atoms in total. The van der Waals surface area contributed by atoms with Gasteiger partial charge in [-0.25, -0.2) is 8.42 Å². The summed E-state index contributed by atoms with van der Waals surface area (Å²) in [5, 5.41) is 3.04. The first-order valence-corrected chi connectivity index (χ1v) is 13.2. The average Bonchev–Trinajstić information content (AvgIpc) is 2.75. The first kappa shape index (κ1) is 34.3. The predicted octanol–water partition coefficient (Wildman–Crippen LogP) is 3.10. The maximum Gasteiger partial charge on any atom is 0.500 e. The van der Waals surface area contributed by atoms with Crippen LogP contribution in [0.2, 0.25) is 6.04 Å². The van der Waals surface area contributed by atoms with Gasteiger partial charge in [0.25, 0.3) is 10.0 Å². The molecule has 1 unspecified atom stereocenters. The Balaban J connectivity index is 5.43. The standard InChI is InChI=1S/C16H28F9NO7SSi/c1-5-7-26(10-12(27)11-33-8-6-9-35(30-2,31-3)32-4)34(28,29)16(24,25)14(19,20)13(17,18)15(21,22)23/h12,27H,5-11H2,1-4H3. The average molecular weight is 578 g/mol. The van der Waals surface area contributed by atoms with E-state index in [0.29, 0.717) is 0 Å². The maximum absolute atomic E-state index is 14.1. The summed E-state index contributed by atoms with van der Waals surface area (Å²) >= 11 is 0. The van der Waals surface area contributed by atoms with Gasteiger partial charge < -0.3 is 23.1 Å². The van der Waals surface area contributed by atoms with Gasteiger partial charge in [-0.2, -0.15) is 43.8 Å². The molecule has 0 saturated carbocycles. The number of aliphatic hydroxyl groups excluding tert-OH is 1. The third-order valence-corrected chi connectivity index (χ3v) is 9.43. The van der Waals surface area contributed by atoms with Crippen molar-refractivity contribution in [3.05, 3.63) is 0 Å². The summed E-state index contributed by atoms with van der Waals surface area (Å²) in [5.41, 5.74) is 0. The number of ether oxygens (including phenoxy) is 1. The van der Waals surface area contributed by atoms with Gasteiger partial charge in [0.1, 0.15) is 0 Å². The molecule has 0 saturated heterocycles. The number of hydrogen-bond acceptors (Lipinski definition) is 7. The molecule has 1 atom stereocenters. The van der Waals surface area contributed by atoms with Crippen LogP contribution in [-0.2, 0) is 28.0 Å². The van der Waals surface area contributed by atoms with Crippen LogP contribution in [0.5, 0.6) is 0 Å². The highest BCUT2D eigenvalue weighted by atomic mass is 32.2. The van der Waals surface area contributed by atoms with Crippen LogP contribution in [0.25, 0.3) is 0 Å². The van der Waals surface area contributed by atoms with Crippen molar-refractivity contribution >= 4 is 18.8 Å². The molecule has 0 aliphatic carbocycles. The molecule has 0 heterocycles. The first-order valence-electron chi connectivity index (χ1n) is 9.85. The van der Waals surface area contributed by atoms with E-state index in [1.807, 2.05) is 0 Å². The molecule has 0 spiro atoms. The number of halogens is 9. The summed E-state index contributed by atoms with van der Waals surface area (Å²) in [7, 11) is -5.73. The van der Waals surface area contributed by atoms with Gasteiger partial charge in [0.15, 0.2) is 0 Å². The normalized spacial score (nSPS) is 15.6. The fourth-order valence-electron chi connectivity index (χ4n) is 2.70. The molecule has 0 aromatic carbocycles. The van der Waals surface area contributed by atoms with Crippen LogP contribution in [0.3, 0.4) is 0 Å². The zero-order valence-corrected chi connectivity index (χ0v) is 21.0. The minimum Gasteiger partial charge on any atom is -0.389 e. The minimum absolute atomic E-state index is 0.103. The molecule has 35 heavy (non-hydrogen) atoms. The highest BCUT2D eigenvalue weighted by molar-refractivity contribution is 7.90. The van der Waals surface area contributed by atoms with Crippen molar-refractivity contribution in [1.29, 1.82) is 0 Å². The summed E-state index contributed by atoms with van der Waals surface area (Å²) < 4.78 is 163. The molecule has 0 rings (SSSR count). The third kappa shape index (κ3) is 7.42. The maximum atomic E-state index is 14.1. The number of nitrogens with zero attached hydrogens (tertiary/aromatic N) is 1. The highest BCUT2D eigenvalue weighted by Crippen LogP contribution is 2.55. The van der Waals surface area contributed by atoms with E-state index >= 15 is 0 Å². The topological polar surface area (TPSA) is 94.5 Å². The van der Waals surface area contributed by atoms with E-state index in [9.17, 15) is 53.0 Å². The van der Waals surface area contributed by atoms with Crippen molar-refractivity contribution in [1.82, 2.24) is 4.31 Å². The Hall–Kier alpha value is -0.703. The second-order valence-electron chi connectivity index (χ2n) is 7.15. The first-order chi connectivity index (χ1) is 15.7. The second-order valence-corrected chi connectivity index (χ2v) is 12.2. The van der Waals surface area contributed by atoms with Crippen LogP contribution in [0.15, 0.2) is 0 Å². The molecule has 212 valence electrons. The van der Waals surface area contributed by atoms with Gasteiger partial charge in [-0.15, -0.1) is 0 Å². The van der Waals surface area contributed by atoms with E-state index in [1.54, 1.807) is 0 Å². The van der Waals surface area contributed by atoms with Gasteiger partial charge in [0.2, 0.25) is 0 Å². The van der Waals surface area contributed by atoms with Crippen LogP contribution in [0.1, 0.15) is 19.8 Å². The fourth-order valence-corrected chi connectivity index (χ4v) is 5.96. The Morgan fingerprint density at radius 2 is 1.40 bits per heavy atom. The summed E-state index contributed by atoms with van der Waals surface area (Å²) in [6, 6.07) is 0.248. The molecule has 0 aromatic heterocycles. The molecule has 0 aromatic rings. The van der Waals surface area contributed by atoms with Crippen molar-refractivity contribution in [2.24, 2.45) is 0 Å². The molecular weight excluding hydrogens is 549 g/mol. The largest absolute Gasteiger partial charge is 0.500 e. The predicted molar refractivity (Wildman–Crippen MR) is 105 cm³/mol. The Morgan fingerprint density at radius 1 is 0.914 bits per heavy atom.